The van der Waals surface area contributed by atoms with Crippen LogP contribution in [-0.2, 0) is 0 Å². The Morgan fingerprint density at radius 1 is 1.08 bits per heavy atom. The summed E-state index contributed by atoms with van der Waals surface area (Å²) >= 11 is 0. The summed E-state index contributed by atoms with van der Waals surface area (Å²) < 4.78 is 0. The van der Waals surface area contributed by atoms with Crippen molar-refractivity contribution in [3.63, 3.8) is 0 Å². The van der Waals surface area contributed by atoms with Gasteiger partial charge in [-0.3, -0.25) is 0 Å². The van der Waals surface area contributed by atoms with Gasteiger partial charge in [0.15, 0.2) is 0 Å². The summed E-state index contributed by atoms with van der Waals surface area (Å²) in [7, 11) is 0. The standard InChI is InChI=1S/C10H22N2.ClH/c1-3-12(4-2)10-7-5-9(11)6-8-10;/h9-10H,3-8,11H2,1-2H3;1H. The lowest BCUT2D eigenvalue weighted by molar-refractivity contribution is 0.164. The molecular weight excluding hydrogens is 184 g/mol. The second-order valence-electron chi connectivity index (χ2n) is 3.79. The summed E-state index contributed by atoms with van der Waals surface area (Å²) in [6.45, 7) is 6.88. The lowest BCUT2D eigenvalue weighted by Crippen LogP contribution is -2.40. The van der Waals surface area contributed by atoms with Crippen LogP contribution < -0.4 is 5.73 Å². The van der Waals surface area contributed by atoms with Crippen LogP contribution in [0.15, 0.2) is 0 Å². The van der Waals surface area contributed by atoms with E-state index in [1.165, 1.54) is 38.8 Å². The van der Waals surface area contributed by atoms with Gasteiger partial charge in [-0.15, -0.1) is 12.4 Å². The molecule has 1 aliphatic carbocycles. The first-order valence-corrected chi connectivity index (χ1v) is 5.27. The predicted octanol–water partition coefficient (Wildman–Crippen LogP) is 2.02. The largest absolute Gasteiger partial charge is 0.328 e. The number of nitrogens with zero attached hydrogens (tertiary/aromatic N) is 1. The van der Waals surface area contributed by atoms with E-state index in [-0.39, 0.29) is 12.4 Å². The van der Waals surface area contributed by atoms with E-state index in [1.807, 2.05) is 0 Å². The number of hydrogen-bond donors (Lipinski definition) is 1. The van der Waals surface area contributed by atoms with Gasteiger partial charge in [0.05, 0.1) is 0 Å². The molecule has 2 N–H and O–H groups in total. The van der Waals surface area contributed by atoms with Crippen molar-refractivity contribution in [2.24, 2.45) is 5.73 Å². The van der Waals surface area contributed by atoms with E-state index in [2.05, 4.69) is 18.7 Å². The van der Waals surface area contributed by atoms with Gasteiger partial charge in [-0.25, -0.2) is 0 Å². The van der Waals surface area contributed by atoms with Crippen LogP contribution in [-0.4, -0.2) is 30.1 Å². The first kappa shape index (κ1) is 13.2. The minimum absolute atomic E-state index is 0. The zero-order valence-electron chi connectivity index (χ0n) is 8.83. The van der Waals surface area contributed by atoms with Crippen molar-refractivity contribution in [1.82, 2.24) is 4.90 Å². The van der Waals surface area contributed by atoms with Crippen LogP contribution in [0, 0.1) is 0 Å². The van der Waals surface area contributed by atoms with Crippen molar-refractivity contribution in [2.45, 2.75) is 51.6 Å². The van der Waals surface area contributed by atoms with E-state index in [9.17, 15) is 0 Å². The van der Waals surface area contributed by atoms with Crippen LogP contribution in [0.1, 0.15) is 39.5 Å². The second-order valence-corrected chi connectivity index (χ2v) is 3.79. The molecule has 1 aliphatic rings. The SMILES string of the molecule is CCN(CC)C1CCC(N)CC1.Cl. The molecule has 0 aromatic rings. The quantitative estimate of drug-likeness (QED) is 0.766. The van der Waals surface area contributed by atoms with Crippen LogP contribution in [0.5, 0.6) is 0 Å². The first-order valence-electron chi connectivity index (χ1n) is 5.27. The molecule has 1 saturated carbocycles. The van der Waals surface area contributed by atoms with Gasteiger partial charge in [-0.2, -0.15) is 0 Å². The van der Waals surface area contributed by atoms with Crippen molar-refractivity contribution in [3.05, 3.63) is 0 Å². The van der Waals surface area contributed by atoms with Gasteiger partial charge in [-0.1, -0.05) is 13.8 Å². The predicted molar refractivity (Wildman–Crippen MR) is 60.4 cm³/mol. The molecule has 0 amide bonds. The fourth-order valence-corrected chi connectivity index (χ4v) is 2.21. The van der Waals surface area contributed by atoms with Gasteiger partial charge in [0.2, 0.25) is 0 Å². The highest BCUT2D eigenvalue weighted by atomic mass is 35.5. The smallest absolute Gasteiger partial charge is 0.00961 e. The lowest BCUT2D eigenvalue weighted by Gasteiger charge is -2.34. The van der Waals surface area contributed by atoms with Crippen LogP contribution >= 0.6 is 12.4 Å². The number of rotatable bonds is 3. The summed E-state index contributed by atoms with van der Waals surface area (Å²) in [5.41, 5.74) is 5.86. The molecule has 0 aromatic carbocycles. The van der Waals surface area contributed by atoms with Gasteiger partial charge < -0.3 is 10.6 Å². The highest BCUT2D eigenvalue weighted by Gasteiger charge is 2.21. The van der Waals surface area contributed by atoms with Crippen molar-refractivity contribution in [3.8, 4) is 0 Å². The van der Waals surface area contributed by atoms with Crippen molar-refractivity contribution >= 4 is 12.4 Å². The third-order valence-corrected chi connectivity index (χ3v) is 3.07. The van der Waals surface area contributed by atoms with E-state index in [0.29, 0.717) is 6.04 Å². The molecule has 0 saturated heterocycles. The lowest BCUT2D eigenvalue weighted by atomic mass is 9.91. The molecule has 0 spiro atoms. The van der Waals surface area contributed by atoms with Gasteiger partial charge >= 0.3 is 0 Å². The van der Waals surface area contributed by atoms with Gasteiger partial charge in [0.25, 0.3) is 0 Å². The van der Waals surface area contributed by atoms with E-state index in [4.69, 9.17) is 5.73 Å². The van der Waals surface area contributed by atoms with Gasteiger partial charge in [0, 0.05) is 12.1 Å². The Morgan fingerprint density at radius 2 is 1.54 bits per heavy atom. The third kappa shape index (κ3) is 3.84. The summed E-state index contributed by atoms with van der Waals surface area (Å²) in [6, 6.07) is 1.30. The molecule has 0 bridgehead atoms. The fourth-order valence-electron chi connectivity index (χ4n) is 2.21. The average Bonchev–Trinajstić information content (AvgIpc) is 2.10. The number of halogens is 1. The molecule has 0 heterocycles. The summed E-state index contributed by atoms with van der Waals surface area (Å²) in [6.07, 6.45) is 5.06. The highest BCUT2D eigenvalue weighted by molar-refractivity contribution is 5.85. The topological polar surface area (TPSA) is 29.3 Å². The molecule has 0 radical (unpaired) electrons. The van der Waals surface area contributed by atoms with E-state index in [1.54, 1.807) is 0 Å². The maximum Gasteiger partial charge on any atom is 0.00961 e. The van der Waals surface area contributed by atoms with Crippen LogP contribution in [0.4, 0.5) is 0 Å². The molecule has 1 rings (SSSR count). The summed E-state index contributed by atoms with van der Waals surface area (Å²) in [5, 5.41) is 0. The Hall–Kier alpha value is 0.210. The third-order valence-electron chi connectivity index (χ3n) is 3.07. The molecule has 2 nitrogen and oxygen atoms in total. The monoisotopic (exact) mass is 206 g/mol. The van der Waals surface area contributed by atoms with Gasteiger partial charge in [0.1, 0.15) is 0 Å². The van der Waals surface area contributed by atoms with Crippen LogP contribution in [0.25, 0.3) is 0 Å². The minimum atomic E-state index is 0. The maximum absolute atomic E-state index is 5.86. The summed E-state index contributed by atoms with van der Waals surface area (Å²) in [4.78, 5) is 2.56. The number of nitrogens with two attached hydrogens (primary N) is 1. The fraction of sp³-hybridized carbons (Fsp3) is 1.00. The Kier molecular flexibility index (Phi) is 6.74. The van der Waals surface area contributed by atoms with Crippen LogP contribution in [0.3, 0.4) is 0 Å². The van der Waals surface area contributed by atoms with Crippen LogP contribution in [0.2, 0.25) is 0 Å². The second kappa shape index (κ2) is 6.63. The summed E-state index contributed by atoms with van der Waals surface area (Å²) in [5.74, 6) is 0. The Bertz CT molecular complexity index is 118. The first-order chi connectivity index (χ1) is 5.77. The zero-order valence-corrected chi connectivity index (χ0v) is 9.65. The molecule has 80 valence electrons. The Morgan fingerprint density at radius 3 is 1.92 bits per heavy atom. The molecule has 0 unspecified atom stereocenters. The normalized spacial score (nSPS) is 28.6. The van der Waals surface area contributed by atoms with Gasteiger partial charge in [-0.05, 0) is 38.8 Å². The number of hydrogen-bond acceptors (Lipinski definition) is 2. The maximum atomic E-state index is 5.86. The van der Waals surface area contributed by atoms with Crippen molar-refractivity contribution in [1.29, 1.82) is 0 Å². The van der Waals surface area contributed by atoms with E-state index >= 15 is 0 Å². The minimum Gasteiger partial charge on any atom is -0.328 e. The highest BCUT2D eigenvalue weighted by Crippen LogP contribution is 2.21. The average molecular weight is 207 g/mol. The molecule has 0 aliphatic heterocycles. The molecule has 0 atom stereocenters. The van der Waals surface area contributed by atoms with E-state index < -0.39 is 0 Å². The molecular formula is C10H23ClN2. The zero-order chi connectivity index (χ0) is 8.97. The molecule has 1 fully saturated rings. The van der Waals surface area contributed by atoms with Crippen molar-refractivity contribution < 1.29 is 0 Å². The van der Waals surface area contributed by atoms with E-state index in [0.717, 1.165) is 6.04 Å². The molecule has 3 heteroatoms. The Labute approximate surface area is 88.3 Å². The molecule has 13 heavy (non-hydrogen) atoms. The Balaban J connectivity index is 0.00000144. The van der Waals surface area contributed by atoms with Crippen molar-refractivity contribution in [2.75, 3.05) is 13.1 Å². The molecule has 0 aromatic heterocycles.